The van der Waals surface area contributed by atoms with E-state index in [1.807, 2.05) is 0 Å². The number of anilines is 1. The molecule has 0 aromatic carbocycles. The van der Waals surface area contributed by atoms with Crippen LogP contribution in [0, 0.1) is 5.92 Å². The van der Waals surface area contributed by atoms with Gasteiger partial charge in [-0.2, -0.15) is 13.2 Å². The molecule has 22 heavy (non-hydrogen) atoms. The predicted molar refractivity (Wildman–Crippen MR) is 71.3 cm³/mol. The molecule has 0 spiro atoms. The van der Waals surface area contributed by atoms with Crippen molar-refractivity contribution >= 4 is 17.5 Å². The average molecular weight is 316 g/mol. The van der Waals surface area contributed by atoms with Gasteiger partial charge in [-0.1, -0.05) is 0 Å². The van der Waals surface area contributed by atoms with Crippen LogP contribution in [0.25, 0.3) is 0 Å². The molecule has 120 valence electrons. The fourth-order valence-corrected chi connectivity index (χ4v) is 2.36. The van der Waals surface area contributed by atoms with Gasteiger partial charge < -0.3 is 16.0 Å². The van der Waals surface area contributed by atoms with Gasteiger partial charge in [-0.05, 0) is 12.1 Å². The number of amides is 2. The van der Waals surface area contributed by atoms with Gasteiger partial charge in [-0.25, -0.2) is 0 Å². The topological polar surface area (TPSA) is 88.3 Å². The third kappa shape index (κ3) is 3.29. The summed E-state index contributed by atoms with van der Waals surface area (Å²) in [6.07, 6.45) is -3.69. The molecule has 9 heteroatoms. The quantitative estimate of drug-likeness (QED) is 0.866. The maximum Gasteiger partial charge on any atom is 0.414 e. The number of carbonyl (C=O) groups is 2. The lowest BCUT2D eigenvalue weighted by molar-refractivity contribution is -0.191. The molecule has 2 atom stereocenters. The summed E-state index contributed by atoms with van der Waals surface area (Å²) in [7, 11) is 1.06. The van der Waals surface area contributed by atoms with Crippen molar-refractivity contribution in [2.45, 2.75) is 18.6 Å². The molecule has 2 heterocycles. The molecular formula is C13H15F3N4O2. The Morgan fingerprint density at radius 3 is 2.64 bits per heavy atom. The lowest BCUT2D eigenvalue weighted by Gasteiger charge is -2.31. The predicted octanol–water partition coefficient (Wildman–Crippen LogP) is 0.862. The van der Waals surface area contributed by atoms with Crippen LogP contribution < -0.4 is 11.1 Å². The molecule has 1 fully saturated rings. The molecule has 0 saturated carbocycles. The van der Waals surface area contributed by atoms with Crippen LogP contribution in [0.3, 0.4) is 0 Å². The van der Waals surface area contributed by atoms with Crippen LogP contribution in [-0.2, 0) is 9.59 Å². The first-order valence-corrected chi connectivity index (χ1v) is 6.51. The highest BCUT2D eigenvalue weighted by atomic mass is 19.4. The molecule has 2 rings (SSSR count). The van der Waals surface area contributed by atoms with Crippen LogP contribution in [0.5, 0.6) is 0 Å². The number of nitrogens with one attached hydrogen (secondary N) is 1. The summed E-state index contributed by atoms with van der Waals surface area (Å²) < 4.78 is 40.0. The lowest BCUT2D eigenvalue weighted by atomic mass is 10.0. The largest absolute Gasteiger partial charge is 0.414 e. The smallest absolute Gasteiger partial charge is 0.397 e. The van der Waals surface area contributed by atoms with Crippen molar-refractivity contribution < 1.29 is 22.8 Å². The fourth-order valence-electron chi connectivity index (χ4n) is 2.36. The Labute approximate surface area is 124 Å². The third-order valence-corrected chi connectivity index (χ3v) is 3.46. The first-order valence-electron chi connectivity index (χ1n) is 6.51. The number of pyridine rings is 1. The standard InChI is InChI=1S/C13H15F3N4O2/c1-20(12(22)7-4-10(21)19-5-7)11(13(14,15)16)9-3-2-8(17)6-18-9/h2-3,6-7,11H,4-5,17H2,1H3,(H,19,21)/t7?,11-/m0/s1. The highest BCUT2D eigenvalue weighted by molar-refractivity contribution is 5.89. The lowest BCUT2D eigenvalue weighted by Crippen LogP contribution is -2.43. The van der Waals surface area contributed by atoms with E-state index in [-0.39, 0.29) is 30.3 Å². The summed E-state index contributed by atoms with van der Waals surface area (Å²) >= 11 is 0. The molecule has 1 aliphatic heterocycles. The molecule has 0 aliphatic carbocycles. The first-order chi connectivity index (χ1) is 10.2. The SMILES string of the molecule is CN(C(=O)C1CNC(=O)C1)[C@@H](c1ccc(N)cn1)C(F)(F)F. The number of hydrogen-bond donors (Lipinski definition) is 2. The van der Waals surface area contributed by atoms with E-state index in [1.54, 1.807) is 0 Å². The highest BCUT2D eigenvalue weighted by Gasteiger charge is 2.47. The maximum absolute atomic E-state index is 13.3. The number of nitrogens with two attached hydrogens (primary N) is 1. The highest BCUT2D eigenvalue weighted by Crippen LogP contribution is 2.37. The molecule has 3 N–H and O–H groups in total. The Morgan fingerprint density at radius 1 is 1.50 bits per heavy atom. The molecule has 1 aliphatic rings. The number of carbonyl (C=O) groups excluding carboxylic acids is 2. The average Bonchev–Trinajstić information content (AvgIpc) is 2.85. The molecule has 1 saturated heterocycles. The van der Waals surface area contributed by atoms with E-state index in [2.05, 4.69) is 10.3 Å². The van der Waals surface area contributed by atoms with Gasteiger partial charge in [0.05, 0.1) is 23.5 Å². The van der Waals surface area contributed by atoms with E-state index in [9.17, 15) is 22.8 Å². The van der Waals surface area contributed by atoms with E-state index in [4.69, 9.17) is 5.73 Å². The second-order valence-corrected chi connectivity index (χ2v) is 5.11. The third-order valence-electron chi connectivity index (χ3n) is 3.46. The number of alkyl halides is 3. The van der Waals surface area contributed by atoms with Crippen molar-refractivity contribution in [1.82, 2.24) is 15.2 Å². The second-order valence-electron chi connectivity index (χ2n) is 5.11. The molecule has 0 bridgehead atoms. The number of hydrogen-bond acceptors (Lipinski definition) is 4. The summed E-state index contributed by atoms with van der Waals surface area (Å²) in [6, 6.07) is 0.242. The van der Waals surface area contributed by atoms with Gasteiger partial charge in [-0.3, -0.25) is 14.6 Å². The van der Waals surface area contributed by atoms with Gasteiger partial charge in [-0.15, -0.1) is 0 Å². The van der Waals surface area contributed by atoms with Crippen LogP contribution in [0.1, 0.15) is 18.2 Å². The van der Waals surface area contributed by atoms with Gasteiger partial charge >= 0.3 is 6.18 Å². The van der Waals surface area contributed by atoms with Crippen LogP contribution in [0.2, 0.25) is 0 Å². The summed E-state index contributed by atoms with van der Waals surface area (Å²) in [5.74, 6) is -1.89. The van der Waals surface area contributed by atoms with Gasteiger partial charge in [0.1, 0.15) is 0 Å². The van der Waals surface area contributed by atoms with Gasteiger partial charge in [0.15, 0.2) is 6.04 Å². The monoisotopic (exact) mass is 316 g/mol. The van der Waals surface area contributed by atoms with Crippen LogP contribution in [0.15, 0.2) is 18.3 Å². The molecule has 1 unspecified atom stereocenters. The number of nitrogen functional groups attached to an aromatic ring is 1. The van der Waals surface area contributed by atoms with E-state index in [1.165, 1.54) is 6.07 Å². The zero-order valence-corrected chi connectivity index (χ0v) is 11.7. The molecule has 1 aromatic rings. The Balaban J connectivity index is 2.27. The Morgan fingerprint density at radius 2 is 2.18 bits per heavy atom. The minimum atomic E-state index is -4.69. The molecule has 1 aromatic heterocycles. The van der Waals surface area contributed by atoms with Crippen molar-refractivity contribution in [1.29, 1.82) is 0 Å². The summed E-state index contributed by atoms with van der Waals surface area (Å²) in [6.45, 7) is 0.0434. The maximum atomic E-state index is 13.3. The minimum absolute atomic E-state index is 0.0434. The van der Waals surface area contributed by atoms with Crippen LogP contribution in [-0.4, -0.2) is 41.5 Å². The second kappa shape index (κ2) is 5.82. The van der Waals surface area contributed by atoms with Crippen LogP contribution in [0.4, 0.5) is 18.9 Å². The van der Waals surface area contributed by atoms with Gasteiger partial charge in [0.2, 0.25) is 11.8 Å². The fraction of sp³-hybridized carbons (Fsp3) is 0.462. The van der Waals surface area contributed by atoms with Gasteiger partial charge in [0, 0.05) is 20.0 Å². The summed E-state index contributed by atoms with van der Waals surface area (Å²) in [5.41, 5.74) is 5.32. The van der Waals surface area contributed by atoms with Crippen molar-refractivity contribution in [2.24, 2.45) is 5.92 Å². The summed E-state index contributed by atoms with van der Waals surface area (Å²) in [4.78, 5) is 27.6. The van der Waals surface area contributed by atoms with Crippen molar-refractivity contribution in [3.8, 4) is 0 Å². The number of nitrogens with zero attached hydrogens (tertiary/aromatic N) is 2. The molecular weight excluding hydrogens is 301 g/mol. The molecule has 6 nitrogen and oxygen atoms in total. The minimum Gasteiger partial charge on any atom is -0.397 e. The number of aromatic nitrogens is 1. The van der Waals surface area contributed by atoms with E-state index < -0.39 is 24.0 Å². The van der Waals surface area contributed by atoms with Crippen molar-refractivity contribution in [2.75, 3.05) is 19.3 Å². The number of halogens is 3. The van der Waals surface area contributed by atoms with E-state index in [0.717, 1.165) is 19.3 Å². The van der Waals surface area contributed by atoms with E-state index >= 15 is 0 Å². The normalized spacial score (nSPS) is 19.6. The van der Waals surface area contributed by atoms with Crippen molar-refractivity contribution in [3.05, 3.63) is 24.0 Å². The first kappa shape index (κ1) is 16.1. The van der Waals surface area contributed by atoms with Crippen molar-refractivity contribution in [3.63, 3.8) is 0 Å². The Bertz CT molecular complexity index is 574. The molecule has 2 amide bonds. The Kier molecular flexibility index (Phi) is 4.25. The van der Waals surface area contributed by atoms with E-state index in [0.29, 0.717) is 4.90 Å². The Hall–Kier alpha value is -2.32. The zero-order chi connectivity index (χ0) is 16.5. The van der Waals surface area contributed by atoms with Crippen LogP contribution >= 0.6 is 0 Å². The van der Waals surface area contributed by atoms with Gasteiger partial charge in [0.25, 0.3) is 0 Å². The number of rotatable bonds is 3. The zero-order valence-electron chi connectivity index (χ0n) is 11.7. The molecule has 0 radical (unpaired) electrons. The summed E-state index contributed by atoms with van der Waals surface area (Å²) in [5, 5.41) is 2.43.